The van der Waals surface area contributed by atoms with Gasteiger partial charge in [0.1, 0.15) is 11.6 Å². The number of ether oxygens (including phenoxy) is 1. The highest BCUT2D eigenvalue weighted by molar-refractivity contribution is 5.91. The van der Waals surface area contributed by atoms with E-state index < -0.39 is 0 Å². The standard InChI is InChI=1S/C22H20FNO2/c1-26-20-13-7-17(8-14-20)21(16-5-3-2-4-6-16)15-22(25)24-19-11-9-18(23)10-12-19/h2-14,21H,15H2,1H3,(H,24,25)/t21-/m0/s1. The van der Waals surface area contributed by atoms with Crippen LogP contribution >= 0.6 is 0 Å². The van der Waals surface area contributed by atoms with Crippen molar-refractivity contribution in [2.45, 2.75) is 12.3 Å². The number of hydrogen-bond donors (Lipinski definition) is 1. The molecule has 0 saturated heterocycles. The van der Waals surface area contributed by atoms with Crippen LogP contribution in [0.3, 0.4) is 0 Å². The molecule has 1 amide bonds. The van der Waals surface area contributed by atoms with Gasteiger partial charge in [-0.3, -0.25) is 4.79 Å². The largest absolute Gasteiger partial charge is 0.497 e. The van der Waals surface area contributed by atoms with Gasteiger partial charge in [0.25, 0.3) is 0 Å². The Morgan fingerprint density at radius 1 is 0.923 bits per heavy atom. The van der Waals surface area contributed by atoms with Crippen molar-refractivity contribution in [3.8, 4) is 5.75 Å². The third kappa shape index (κ3) is 4.48. The van der Waals surface area contributed by atoms with Gasteiger partial charge in [-0.1, -0.05) is 42.5 Å². The van der Waals surface area contributed by atoms with E-state index in [2.05, 4.69) is 5.32 Å². The summed E-state index contributed by atoms with van der Waals surface area (Å²) in [5.74, 6) is 0.239. The highest BCUT2D eigenvalue weighted by Crippen LogP contribution is 2.29. The molecule has 0 unspecified atom stereocenters. The summed E-state index contributed by atoms with van der Waals surface area (Å²) in [6.07, 6.45) is 0.285. The number of amides is 1. The van der Waals surface area contributed by atoms with Gasteiger partial charge < -0.3 is 10.1 Å². The van der Waals surface area contributed by atoms with Crippen LogP contribution in [-0.4, -0.2) is 13.0 Å². The summed E-state index contributed by atoms with van der Waals surface area (Å²) in [7, 11) is 1.62. The molecule has 132 valence electrons. The minimum atomic E-state index is -0.330. The lowest BCUT2D eigenvalue weighted by Gasteiger charge is -2.18. The number of anilines is 1. The molecule has 1 N–H and O–H groups in total. The summed E-state index contributed by atoms with van der Waals surface area (Å²) in [6.45, 7) is 0. The maximum absolute atomic E-state index is 13.0. The van der Waals surface area contributed by atoms with Gasteiger partial charge in [0.2, 0.25) is 5.91 Å². The Bertz CT molecular complexity index is 846. The van der Waals surface area contributed by atoms with Gasteiger partial charge in [0.05, 0.1) is 7.11 Å². The number of hydrogen-bond acceptors (Lipinski definition) is 2. The molecule has 0 aliphatic rings. The van der Waals surface area contributed by atoms with Gasteiger partial charge in [-0.25, -0.2) is 4.39 Å². The van der Waals surface area contributed by atoms with E-state index in [1.165, 1.54) is 12.1 Å². The Hall–Kier alpha value is -3.14. The average molecular weight is 349 g/mol. The molecule has 0 spiro atoms. The maximum atomic E-state index is 13.0. The second kappa shape index (κ2) is 8.30. The molecule has 4 heteroatoms. The average Bonchev–Trinajstić information content (AvgIpc) is 2.69. The monoisotopic (exact) mass is 349 g/mol. The van der Waals surface area contributed by atoms with E-state index in [4.69, 9.17) is 4.74 Å². The first-order valence-electron chi connectivity index (χ1n) is 8.40. The Morgan fingerprint density at radius 3 is 2.15 bits per heavy atom. The molecule has 3 nitrogen and oxygen atoms in total. The molecule has 0 aliphatic carbocycles. The molecule has 3 aromatic rings. The van der Waals surface area contributed by atoms with Crippen LogP contribution in [0.25, 0.3) is 0 Å². The predicted octanol–water partition coefficient (Wildman–Crippen LogP) is 5.00. The van der Waals surface area contributed by atoms with Crippen molar-refractivity contribution in [2.75, 3.05) is 12.4 Å². The van der Waals surface area contributed by atoms with E-state index in [-0.39, 0.29) is 24.1 Å². The topological polar surface area (TPSA) is 38.3 Å². The molecule has 3 aromatic carbocycles. The van der Waals surface area contributed by atoms with E-state index >= 15 is 0 Å². The number of methoxy groups -OCH3 is 1. The third-order valence-electron chi connectivity index (χ3n) is 4.24. The zero-order chi connectivity index (χ0) is 18.4. The van der Waals surface area contributed by atoms with Crippen LogP contribution in [0.2, 0.25) is 0 Å². The summed E-state index contributed by atoms with van der Waals surface area (Å²) >= 11 is 0. The predicted molar refractivity (Wildman–Crippen MR) is 101 cm³/mol. The van der Waals surface area contributed by atoms with Gasteiger partial charge in [0, 0.05) is 18.0 Å². The molecule has 3 rings (SSSR count). The van der Waals surface area contributed by atoms with E-state index in [9.17, 15) is 9.18 Å². The lowest BCUT2D eigenvalue weighted by Crippen LogP contribution is -2.16. The first kappa shape index (κ1) is 17.7. The van der Waals surface area contributed by atoms with Crippen LogP contribution in [0, 0.1) is 5.82 Å². The zero-order valence-corrected chi connectivity index (χ0v) is 14.5. The van der Waals surface area contributed by atoms with Crippen LogP contribution in [-0.2, 0) is 4.79 Å². The fourth-order valence-corrected chi connectivity index (χ4v) is 2.88. The van der Waals surface area contributed by atoms with Crippen molar-refractivity contribution >= 4 is 11.6 Å². The number of carbonyl (C=O) groups excluding carboxylic acids is 1. The van der Waals surface area contributed by atoms with Crippen LogP contribution in [0.1, 0.15) is 23.5 Å². The highest BCUT2D eigenvalue weighted by Gasteiger charge is 2.18. The smallest absolute Gasteiger partial charge is 0.225 e. The Kier molecular flexibility index (Phi) is 5.64. The van der Waals surface area contributed by atoms with E-state index in [0.717, 1.165) is 16.9 Å². The number of carbonyl (C=O) groups is 1. The molecular formula is C22H20FNO2. The lowest BCUT2D eigenvalue weighted by molar-refractivity contribution is -0.116. The number of rotatable bonds is 6. The van der Waals surface area contributed by atoms with Crippen molar-refractivity contribution in [3.05, 3.63) is 95.8 Å². The highest BCUT2D eigenvalue weighted by atomic mass is 19.1. The molecule has 0 aliphatic heterocycles. The minimum Gasteiger partial charge on any atom is -0.497 e. The van der Waals surface area contributed by atoms with E-state index in [1.54, 1.807) is 19.2 Å². The van der Waals surface area contributed by atoms with Crippen molar-refractivity contribution in [1.82, 2.24) is 0 Å². The fraction of sp³-hybridized carbons (Fsp3) is 0.136. The molecule has 0 saturated carbocycles. The molecule has 0 heterocycles. The molecular weight excluding hydrogens is 329 g/mol. The van der Waals surface area contributed by atoms with Crippen LogP contribution < -0.4 is 10.1 Å². The van der Waals surface area contributed by atoms with E-state index in [0.29, 0.717) is 5.69 Å². The van der Waals surface area contributed by atoms with Crippen molar-refractivity contribution in [1.29, 1.82) is 0 Å². The number of nitrogens with one attached hydrogen (secondary N) is 1. The summed E-state index contributed by atoms with van der Waals surface area (Å²) in [5, 5.41) is 2.83. The fourth-order valence-electron chi connectivity index (χ4n) is 2.88. The summed E-state index contributed by atoms with van der Waals surface area (Å²) in [4.78, 5) is 12.5. The Labute approximate surface area is 152 Å². The van der Waals surface area contributed by atoms with Gasteiger partial charge in [-0.15, -0.1) is 0 Å². The maximum Gasteiger partial charge on any atom is 0.225 e. The third-order valence-corrected chi connectivity index (χ3v) is 4.24. The van der Waals surface area contributed by atoms with Crippen molar-refractivity contribution in [2.24, 2.45) is 0 Å². The quantitative estimate of drug-likeness (QED) is 0.680. The Morgan fingerprint density at radius 2 is 1.54 bits per heavy atom. The molecule has 0 fully saturated rings. The normalized spacial score (nSPS) is 11.6. The van der Waals surface area contributed by atoms with Gasteiger partial charge in [0.15, 0.2) is 0 Å². The van der Waals surface area contributed by atoms with Crippen LogP contribution in [0.5, 0.6) is 5.75 Å². The van der Waals surface area contributed by atoms with Crippen LogP contribution in [0.4, 0.5) is 10.1 Å². The summed E-state index contributed by atoms with van der Waals surface area (Å²) in [5.41, 5.74) is 2.68. The zero-order valence-electron chi connectivity index (χ0n) is 14.5. The summed E-state index contributed by atoms with van der Waals surface area (Å²) in [6, 6.07) is 23.4. The van der Waals surface area contributed by atoms with Crippen molar-refractivity contribution < 1.29 is 13.9 Å². The SMILES string of the molecule is COc1ccc([C@@H](CC(=O)Nc2ccc(F)cc2)c2ccccc2)cc1. The molecule has 0 aromatic heterocycles. The molecule has 0 radical (unpaired) electrons. The molecule has 26 heavy (non-hydrogen) atoms. The molecule has 1 atom stereocenters. The van der Waals surface area contributed by atoms with E-state index in [1.807, 2.05) is 54.6 Å². The minimum absolute atomic E-state index is 0.0810. The lowest BCUT2D eigenvalue weighted by atomic mass is 9.88. The molecule has 0 bridgehead atoms. The van der Waals surface area contributed by atoms with Gasteiger partial charge in [-0.05, 0) is 47.5 Å². The summed E-state index contributed by atoms with van der Waals surface area (Å²) < 4.78 is 18.2. The second-order valence-corrected chi connectivity index (χ2v) is 6.00. The van der Waals surface area contributed by atoms with Gasteiger partial charge in [-0.2, -0.15) is 0 Å². The van der Waals surface area contributed by atoms with Crippen molar-refractivity contribution in [3.63, 3.8) is 0 Å². The number of benzene rings is 3. The van der Waals surface area contributed by atoms with Gasteiger partial charge >= 0.3 is 0 Å². The first-order chi connectivity index (χ1) is 12.7. The second-order valence-electron chi connectivity index (χ2n) is 6.00. The first-order valence-corrected chi connectivity index (χ1v) is 8.40. The van der Waals surface area contributed by atoms with Crippen LogP contribution in [0.15, 0.2) is 78.9 Å². The Balaban J connectivity index is 1.81. The number of halogens is 1.